The van der Waals surface area contributed by atoms with Crippen LogP contribution in [-0.4, -0.2) is 32.1 Å². The van der Waals surface area contributed by atoms with Crippen molar-refractivity contribution in [2.24, 2.45) is 0 Å². The van der Waals surface area contributed by atoms with Gasteiger partial charge < -0.3 is 14.8 Å². The molecule has 132 valence electrons. The molecule has 0 aliphatic heterocycles. The van der Waals surface area contributed by atoms with Gasteiger partial charge in [-0.3, -0.25) is 4.79 Å². The Morgan fingerprint density at radius 1 is 1.16 bits per heavy atom. The van der Waals surface area contributed by atoms with Crippen molar-refractivity contribution in [1.29, 1.82) is 0 Å². The first-order valence-electron chi connectivity index (χ1n) is 7.83. The second-order valence-electron chi connectivity index (χ2n) is 5.54. The smallest absolute Gasteiger partial charge is 0.338 e. The molecule has 0 aromatic heterocycles. The van der Waals surface area contributed by atoms with Crippen molar-refractivity contribution in [3.63, 3.8) is 0 Å². The molecule has 0 unspecified atom stereocenters. The molecule has 1 N–H and O–H groups in total. The standard InChI is InChI=1S/C19H20FNO4/c1-13(14-6-4-3-5-7-14)11-21-18(22)12-25-19(23)15-8-9-17(24-2)16(20)10-15/h3-10,13H,11-12H2,1-2H3,(H,21,22)/t13-/m1/s1. The fraction of sp³-hybridized carbons (Fsp3) is 0.263. The molecule has 6 heteroatoms. The van der Waals surface area contributed by atoms with Gasteiger partial charge in [0.2, 0.25) is 0 Å². The Morgan fingerprint density at radius 2 is 1.88 bits per heavy atom. The zero-order valence-corrected chi connectivity index (χ0v) is 14.1. The van der Waals surface area contributed by atoms with Crippen molar-refractivity contribution in [3.8, 4) is 5.75 Å². The summed E-state index contributed by atoms with van der Waals surface area (Å²) in [6.45, 7) is 1.99. The number of carbonyl (C=O) groups excluding carboxylic acids is 2. The van der Waals surface area contributed by atoms with E-state index in [2.05, 4.69) is 5.32 Å². The fourth-order valence-electron chi connectivity index (χ4n) is 2.23. The molecule has 0 saturated carbocycles. The van der Waals surface area contributed by atoms with Gasteiger partial charge in [-0.25, -0.2) is 9.18 Å². The maximum absolute atomic E-state index is 13.6. The van der Waals surface area contributed by atoms with Crippen molar-refractivity contribution in [2.45, 2.75) is 12.8 Å². The van der Waals surface area contributed by atoms with Crippen LogP contribution in [0.4, 0.5) is 4.39 Å². The van der Waals surface area contributed by atoms with E-state index < -0.39 is 24.3 Å². The summed E-state index contributed by atoms with van der Waals surface area (Å²) >= 11 is 0. The van der Waals surface area contributed by atoms with Gasteiger partial charge in [0.05, 0.1) is 12.7 Å². The Balaban J connectivity index is 1.79. The summed E-state index contributed by atoms with van der Waals surface area (Å²) < 4.78 is 23.2. The summed E-state index contributed by atoms with van der Waals surface area (Å²) in [5.41, 5.74) is 1.12. The molecular formula is C19H20FNO4. The summed E-state index contributed by atoms with van der Waals surface area (Å²) in [7, 11) is 1.33. The number of halogens is 1. The highest BCUT2D eigenvalue weighted by molar-refractivity contribution is 5.91. The van der Waals surface area contributed by atoms with Crippen LogP contribution < -0.4 is 10.1 Å². The molecule has 2 rings (SSSR count). The van der Waals surface area contributed by atoms with Gasteiger partial charge in [-0.2, -0.15) is 0 Å². The molecule has 0 aliphatic carbocycles. The van der Waals surface area contributed by atoms with Crippen LogP contribution in [-0.2, 0) is 9.53 Å². The number of rotatable bonds is 7. The molecule has 0 spiro atoms. The van der Waals surface area contributed by atoms with Gasteiger partial charge in [0.25, 0.3) is 5.91 Å². The summed E-state index contributed by atoms with van der Waals surface area (Å²) in [5.74, 6) is -1.68. The highest BCUT2D eigenvalue weighted by Gasteiger charge is 2.14. The van der Waals surface area contributed by atoms with Crippen LogP contribution in [0.1, 0.15) is 28.8 Å². The van der Waals surface area contributed by atoms with Crippen LogP contribution in [0.3, 0.4) is 0 Å². The molecular weight excluding hydrogens is 325 g/mol. The summed E-state index contributed by atoms with van der Waals surface area (Å²) in [5, 5.41) is 2.71. The lowest BCUT2D eigenvalue weighted by Crippen LogP contribution is -2.31. The zero-order valence-electron chi connectivity index (χ0n) is 14.1. The average Bonchev–Trinajstić information content (AvgIpc) is 2.64. The molecule has 1 atom stereocenters. The Hall–Kier alpha value is -2.89. The van der Waals surface area contributed by atoms with Crippen molar-refractivity contribution < 1.29 is 23.5 Å². The van der Waals surface area contributed by atoms with Gasteiger partial charge in [-0.05, 0) is 29.7 Å². The van der Waals surface area contributed by atoms with E-state index in [1.165, 1.54) is 19.2 Å². The van der Waals surface area contributed by atoms with Gasteiger partial charge in [0.1, 0.15) is 0 Å². The lowest BCUT2D eigenvalue weighted by molar-refractivity contribution is -0.124. The lowest BCUT2D eigenvalue weighted by Gasteiger charge is -2.13. The number of hydrogen-bond acceptors (Lipinski definition) is 4. The predicted molar refractivity (Wildman–Crippen MR) is 91.1 cm³/mol. The van der Waals surface area contributed by atoms with Crippen molar-refractivity contribution in [3.05, 3.63) is 65.5 Å². The van der Waals surface area contributed by atoms with E-state index in [9.17, 15) is 14.0 Å². The van der Waals surface area contributed by atoms with Crippen LogP contribution in [0.2, 0.25) is 0 Å². The van der Waals surface area contributed by atoms with Crippen LogP contribution in [0.25, 0.3) is 0 Å². The number of carbonyl (C=O) groups is 2. The molecule has 2 aromatic carbocycles. The minimum absolute atomic E-state index is 0.0174. The Labute approximate surface area is 145 Å². The highest BCUT2D eigenvalue weighted by atomic mass is 19.1. The first kappa shape index (κ1) is 18.4. The van der Waals surface area contributed by atoms with E-state index in [4.69, 9.17) is 9.47 Å². The second kappa shape index (κ2) is 8.82. The maximum atomic E-state index is 13.6. The largest absolute Gasteiger partial charge is 0.494 e. The number of benzene rings is 2. The van der Waals surface area contributed by atoms with Crippen molar-refractivity contribution >= 4 is 11.9 Å². The number of hydrogen-bond donors (Lipinski definition) is 1. The number of amides is 1. The number of esters is 1. The molecule has 0 heterocycles. The third-order valence-corrected chi connectivity index (χ3v) is 3.70. The summed E-state index contributed by atoms with van der Waals surface area (Å²) in [6, 6.07) is 13.5. The number of nitrogens with one attached hydrogen (secondary N) is 1. The van der Waals surface area contributed by atoms with E-state index in [-0.39, 0.29) is 17.2 Å². The van der Waals surface area contributed by atoms with Gasteiger partial charge >= 0.3 is 5.97 Å². The summed E-state index contributed by atoms with van der Waals surface area (Å²) in [6.07, 6.45) is 0. The van der Waals surface area contributed by atoms with E-state index in [1.54, 1.807) is 0 Å². The molecule has 25 heavy (non-hydrogen) atoms. The van der Waals surface area contributed by atoms with Crippen molar-refractivity contribution in [1.82, 2.24) is 5.32 Å². The summed E-state index contributed by atoms with van der Waals surface area (Å²) in [4.78, 5) is 23.7. The number of methoxy groups -OCH3 is 1. The van der Waals surface area contributed by atoms with Crippen LogP contribution in [0.5, 0.6) is 5.75 Å². The lowest BCUT2D eigenvalue weighted by atomic mass is 10.0. The quantitative estimate of drug-likeness (QED) is 0.784. The van der Waals surface area contributed by atoms with Gasteiger partial charge in [-0.1, -0.05) is 37.3 Å². The minimum Gasteiger partial charge on any atom is -0.494 e. The zero-order chi connectivity index (χ0) is 18.2. The monoisotopic (exact) mass is 345 g/mol. The van der Waals surface area contributed by atoms with Crippen LogP contribution in [0.15, 0.2) is 48.5 Å². The molecule has 5 nitrogen and oxygen atoms in total. The van der Waals surface area contributed by atoms with Crippen LogP contribution >= 0.6 is 0 Å². The average molecular weight is 345 g/mol. The first-order valence-corrected chi connectivity index (χ1v) is 7.83. The third kappa shape index (κ3) is 5.31. The molecule has 0 bridgehead atoms. The third-order valence-electron chi connectivity index (χ3n) is 3.70. The normalized spacial score (nSPS) is 11.5. The van der Waals surface area contributed by atoms with E-state index in [0.717, 1.165) is 11.6 Å². The van der Waals surface area contributed by atoms with Gasteiger partial charge in [0.15, 0.2) is 18.2 Å². The van der Waals surface area contributed by atoms with Gasteiger partial charge in [-0.15, -0.1) is 0 Å². The highest BCUT2D eigenvalue weighted by Crippen LogP contribution is 2.18. The molecule has 2 aromatic rings. The molecule has 0 aliphatic rings. The van der Waals surface area contributed by atoms with Crippen LogP contribution in [0, 0.1) is 5.82 Å². The molecule has 0 saturated heterocycles. The maximum Gasteiger partial charge on any atom is 0.338 e. The van der Waals surface area contributed by atoms with Gasteiger partial charge in [0, 0.05) is 6.54 Å². The topological polar surface area (TPSA) is 64.6 Å². The Kier molecular flexibility index (Phi) is 6.51. The van der Waals surface area contributed by atoms with Crippen molar-refractivity contribution in [2.75, 3.05) is 20.3 Å². The van der Waals surface area contributed by atoms with E-state index >= 15 is 0 Å². The SMILES string of the molecule is COc1ccc(C(=O)OCC(=O)NC[C@@H](C)c2ccccc2)cc1F. The number of ether oxygens (including phenoxy) is 2. The van der Waals surface area contributed by atoms with E-state index in [0.29, 0.717) is 6.54 Å². The van der Waals surface area contributed by atoms with E-state index in [1.807, 2.05) is 37.3 Å². The molecule has 0 radical (unpaired) electrons. The minimum atomic E-state index is -0.771. The molecule has 1 amide bonds. The first-order chi connectivity index (χ1) is 12.0. The Morgan fingerprint density at radius 3 is 2.52 bits per heavy atom. The second-order valence-corrected chi connectivity index (χ2v) is 5.54. The predicted octanol–water partition coefficient (Wildman–Crippen LogP) is 2.91. The Bertz CT molecular complexity index is 733. The fourth-order valence-corrected chi connectivity index (χ4v) is 2.23. The molecule has 0 fully saturated rings.